The summed E-state index contributed by atoms with van der Waals surface area (Å²) in [6.07, 6.45) is 1.65. The summed E-state index contributed by atoms with van der Waals surface area (Å²) in [7, 11) is 2.81. The van der Waals surface area contributed by atoms with Crippen molar-refractivity contribution in [1.82, 2.24) is 0 Å². The summed E-state index contributed by atoms with van der Waals surface area (Å²) in [5, 5.41) is 0. The van der Waals surface area contributed by atoms with Gasteiger partial charge in [0.2, 0.25) is 5.88 Å². The van der Waals surface area contributed by atoms with Gasteiger partial charge in [0.25, 0.3) is 0 Å². The molecule has 0 saturated carbocycles. The second kappa shape index (κ2) is 9.70. The molecule has 1 aliphatic carbocycles. The Morgan fingerprint density at radius 1 is 1.12 bits per heavy atom. The summed E-state index contributed by atoms with van der Waals surface area (Å²) in [5.41, 5.74) is 8.33. The number of Topliss-reactive ketones (excluding diaryl/α,β-unsaturated/α-hetero) is 1. The standard InChI is InChI=1S/C25H24BrNO6/c1-30-20-12-15(8-11-18(20)32-13-14-6-9-16(26)10-7-14)21-22-17(28)4-3-5-19(22)33-24(27)23(21)25(29)31-2/h6-12,21H,3-5,13,27H2,1-2H3/t21-/m0/s1. The van der Waals surface area contributed by atoms with Gasteiger partial charge >= 0.3 is 5.97 Å². The first-order chi connectivity index (χ1) is 15.9. The van der Waals surface area contributed by atoms with Gasteiger partial charge in [-0.1, -0.05) is 34.1 Å². The Labute approximate surface area is 200 Å². The number of hydrogen-bond donors (Lipinski definition) is 1. The van der Waals surface area contributed by atoms with Gasteiger partial charge in [-0.15, -0.1) is 0 Å². The second-order valence-corrected chi connectivity index (χ2v) is 8.66. The fraction of sp³-hybridized carbons (Fsp3) is 0.280. The highest BCUT2D eigenvalue weighted by atomic mass is 79.9. The number of benzene rings is 2. The van der Waals surface area contributed by atoms with Crippen molar-refractivity contribution in [3.8, 4) is 11.5 Å². The minimum Gasteiger partial charge on any atom is -0.493 e. The third-order valence-electron chi connectivity index (χ3n) is 5.72. The molecule has 2 aliphatic rings. The van der Waals surface area contributed by atoms with Crippen LogP contribution in [-0.4, -0.2) is 26.0 Å². The summed E-state index contributed by atoms with van der Waals surface area (Å²) in [6, 6.07) is 13.1. The topological polar surface area (TPSA) is 97.1 Å². The van der Waals surface area contributed by atoms with Gasteiger partial charge in [0.05, 0.1) is 20.1 Å². The zero-order valence-corrected chi connectivity index (χ0v) is 19.9. The third kappa shape index (κ3) is 4.61. The molecule has 7 nitrogen and oxygen atoms in total. The number of rotatable bonds is 6. The molecule has 0 amide bonds. The van der Waals surface area contributed by atoms with E-state index in [0.29, 0.717) is 54.3 Å². The third-order valence-corrected chi connectivity index (χ3v) is 6.25. The van der Waals surface area contributed by atoms with Crippen LogP contribution in [0.5, 0.6) is 11.5 Å². The number of halogens is 1. The number of ketones is 1. The molecule has 2 N–H and O–H groups in total. The molecular weight excluding hydrogens is 490 g/mol. The summed E-state index contributed by atoms with van der Waals surface area (Å²) in [5.74, 6) is 0.0668. The minimum atomic E-state index is -0.705. The van der Waals surface area contributed by atoms with E-state index in [1.165, 1.54) is 14.2 Å². The highest BCUT2D eigenvalue weighted by Gasteiger charge is 2.41. The normalized spacial score (nSPS) is 17.9. The monoisotopic (exact) mass is 513 g/mol. The van der Waals surface area contributed by atoms with E-state index in [2.05, 4.69) is 15.9 Å². The van der Waals surface area contributed by atoms with Gasteiger partial charge in [0, 0.05) is 22.9 Å². The van der Waals surface area contributed by atoms with Crippen molar-refractivity contribution >= 4 is 27.7 Å². The molecular formula is C25H24BrNO6. The summed E-state index contributed by atoms with van der Waals surface area (Å²) >= 11 is 3.42. The molecule has 4 rings (SSSR count). The van der Waals surface area contributed by atoms with E-state index in [-0.39, 0.29) is 17.2 Å². The Morgan fingerprint density at radius 2 is 1.88 bits per heavy atom. The van der Waals surface area contributed by atoms with E-state index < -0.39 is 11.9 Å². The molecule has 0 unspecified atom stereocenters. The van der Waals surface area contributed by atoms with E-state index in [1.807, 2.05) is 24.3 Å². The van der Waals surface area contributed by atoms with Crippen LogP contribution in [0.3, 0.4) is 0 Å². The highest BCUT2D eigenvalue weighted by Crippen LogP contribution is 2.45. The molecule has 33 heavy (non-hydrogen) atoms. The maximum Gasteiger partial charge on any atom is 0.340 e. The zero-order valence-electron chi connectivity index (χ0n) is 18.4. The van der Waals surface area contributed by atoms with Crippen LogP contribution in [0, 0.1) is 0 Å². The van der Waals surface area contributed by atoms with Crippen LogP contribution in [0.4, 0.5) is 0 Å². The number of ether oxygens (including phenoxy) is 4. The van der Waals surface area contributed by atoms with Gasteiger partial charge in [-0.25, -0.2) is 4.79 Å². The number of nitrogens with two attached hydrogens (primary N) is 1. The van der Waals surface area contributed by atoms with Crippen molar-refractivity contribution in [2.45, 2.75) is 31.8 Å². The lowest BCUT2D eigenvalue weighted by atomic mass is 9.77. The Kier molecular flexibility index (Phi) is 6.74. The molecule has 0 aromatic heterocycles. The highest BCUT2D eigenvalue weighted by molar-refractivity contribution is 9.10. The van der Waals surface area contributed by atoms with Crippen LogP contribution >= 0.6 is 15.9 Å². The Morgan fingerprint density at radius 3 is 2.58 bits per heavy atom. The molecule has 2 aromatic rings. The molecule has 0 radical (unpaired) electrons. The predicted molar refractivity (Wildman–Crippen MR) is 124 cm³/mol. The SMILES string of the molecule is COC(=O)C1=C(N)OC2=C(C(=O)CCC2)[C@@H]1c1ccc(OCc2ccc(Br)cc2)c(OC)c1. The average Bonchev–Trinajstić information content (AvgIpc) is 2.82. The predicted octanol–water partition coefficient (Wildman–Crippen LogP) is 4.50. The molecule has 2 aromatic carbocycles. The molecule has 0 bridgehead atoms. The van der Waals surface area contributed by atoms with Crippen LogP contribution < -0.4 is 15.2 Å². The van der Waals surface area contributed by atoms with Crippen LogP contribution in [0.2, 0.25) is 0 Å². The number of carbonyl (C=O) groups is 2. The van der Waals surface area contributed by atoms with E-state index in [4.69, 9.17) is 24.7 Å². The van der Waals surface area contributed by atoms with Crippen molar-refractivity contribution in [2.75, 3.05) is 14.2 Å². The number of carbonyl (C=O) groups excluding carboxylic acids is 2. The lowest BCUT2D eigenvalue weighted by Crippen LogP contribution is -2.31. The number of methoxy groups -OCH3 is 2. The fourth-order valence-corrected chi connectivity index (χ4v) is 4.39. The van der Waals surface area contributed by atoms with Crippen molar-refractivity contribution in [3.63, 3.8) is 0 Å². The van der Waals surface area contributed by atoms with Gasteiger partial charge < -0.3 is 24.7 Å². The van der Waals surface area contributed by atoms with Crippen molar-refractivity contribution in [1.29, 1.82) is 0 Å². The average molecular weight is 514 g/mol. The summed E-state index contributed by atoms with van der Waals surface area (Å²) in [6.45, 7) is 0.355. The van der Waals surface area contributed by atoms with E-state index >= 15 is 0 Å². The quantitative estimate of drug-likeness (QED) is 0.567. The number of hydrogen-bond acceptors (Lipinski definition) is 7. The first-order valence-corrected chi connectivity index (χ1v) is 11.3. The first-order valence-electron chi connectivity index (χ1n) is 10.5. The van der Waals surface area contributed by atoms with Crippen molar-refractivity contribution < 1.29 is 28.5 Å². The smallest absolute Gasteiger partial charge is 0.340 e. The van der Waals surface area contributed by atoms with Crippen molar-refractivity contribution in [2.24, 2.45) is 5.73 Å². The van der Waals surface area contributed by atoms with Gasteiger partial charge in [-0.05, 0) is 41.8 Å². The van der Waals surface area contributed by atoms with Crippen LogP contribution in [-0.2, 0) is 25.7 Å². The molecule has 1 aliphatic heterocycles. The van der Waals surface area contributed by atoms with E-state index in [9.17, 15) is 9.59 Å². The lowest BCUT2D eigenvalue weighted by molar-refractivity contribution is -0.136. The van der Waals surface area contributed by atoms with E-state index in [0.717, 1.165) is 10.0 Å². The molecule has 8 heteroatoms. The summed E-state index contributed by atoms with van der Waals surface area (Å²) in [4.78, 5) is 25.5. The largest absolute Gasteiger partial charge is 0.493 e. The van der Waals surface area contributed by atoms with Gasteiger partial charge in [0.1, 0.15) is 17.9 Å². The minimum absolute atomic E-state index is 0.0465. The Bertz CT molecular complexity index is 1150. The molecule has 1 atom stereocenters. The molecule has 0 fully saturated rings. The van der Waals surface area contributed by atoms with Crippen LogP contribution in [0.1, 0.15) is 36.3 Å². The fourth-order valence-electron chi connectivity index (χ4n) is 4.12. The lowest BCUT2D eigenvalue weighted by Gasteiger charge is -2.32. The van der Waals surface area contributed by atoms with Gasteiger partial charge in [-0.2, -0.15) is 0 Å². The second-order valence-electron chi connectivity index (χ2n) is 7.74. The Hall–Kier alpha value is -3.26. The molecule has 0 spiro atoms. The summed E-state index contributed by atoms with van der Waals surface area (Å²) < 4.78 is 23.2. The number of esters is 1. The van der Waals surface area contributed by atoms with Crippen molar-refractivity contribution in [3.05, 3.63) is 80.9 Å². The number of allylic oxidation sites excluding steroid dienone is 2. The van der Waals surface area contributed by atoms with Gasteiger partial charge in [-0.3, -0.25) is 4.79 Å². The molecule has 1 heterocycles. The molecule has 0 saturated heterocycles. The first kappa shape index (κ1) is 22.9. The zero-order chi connectivity index (χ0) is 23.5. The maximum atomic E-state index is 12.9. The molecule has 172 valence electrons. The van der Waals surface area contributed by atoms with Crippen LogP contribution in [0.15, 0.2) is 69.7 Å². The maximum absolute atomic E-state index is 12.9. The van der Waals surface area contributed by atoms with Crippen LogP contribution in [0.25, 0.3) is 0 Å². The van der Waals surface area contributed by atoms with E-state index in [1.54, 1.807) is 18.2 Å². The Balaban J connectivity index is 1.71. The van der Waals surface area contributed by atoms with Gasteiger partial charge in [0.15, 0.2) is 17.3 Å².